The van der Waals surface area contributed by atoms with Crippen molar-refractivity contribution in [2.75, 3.05) is 12.4 Å². The lowest BCUT2D eigenvalue weighted by molar-refractivity contribution is -0.111. The summed E-state index contributed by atoms with van der Waals surface area (Å²) in [6.45, 7) is -2.94. The topological polar surface area (TPSA) is 60.5 Å². The maximum Gasteiger partial charge on any atom is 0.387 e. The number of hydrogen-bond donors (Lipinski definition) is 1. The second-order valence-corrected chi connectivity index (χ2v) is 6.93. The monoisotopic (exact) mass is 408 g/mol. The fourth-order valence-electron chi connectivity index (χ4n) is 2.17. The van der Waals surface area contributed by atoms with Crippen LogP contribution in [0.4, 0.5) is 13.9 Å². The Morgan fingerprint density at radius 3 is 2.81 bits per heavy atom. The molecule has 3 rings (SSSR count). The molecular formula is C18H14F2N2O3S2. The van der Waals surface area contributed by atoms with E-state index in [9.17, 15) is 13.6 Å². The molecule has 2 heterocycles. The molecule has 0 aliphatic rings. The van der Waals surface area contributed by atoms with E-state index in [4.69, 9.17) is 4.74 Å². The summed E-state index contributed by atoms with van der Waals surface area (Å²) in [5, 5.41) is 7.02. The predicted molar refractivity (Wildman–Crippen MR) is 103 cm³/mol. The zero-order valence-electron chi connectivity index (χ0n) is 14.0. The molecule has 1 N–H and O–H groups in total. The van der Waals surface area contributed by atoms with E-state index < -0.39 is 6.61 Å². The number of benzene rings is 1. The van der Waals surface area contributed by atoms with Crippen LogP contribution in [0.25, 0.3) is 16.6 Å². The van der Waals surface area contributed by atoms with Gasteiger partial charge in [-0.2, -0.15) is 8.78 Å². The zero-order chi connectivity index (χ0) is 19.2. The Kier molecular flexibility index (Phi) is 6.15. The molecule has 0 aliphatic carbocycles. The van der Waals surface area contributed by atoms with Crippen LogP contribution in [0, 0.1) is 0 Å². The third-order valence-corrected chi connectivity index (χ3v) is 4.99. The van der Waals surface area contributed by atoms with E-state index in [1.807, 2.05) is 22.9 Å². The van der Waals surface area contributed by atoms with Crippen LogP contribution in [0.2, 0.25) is 0 Å². The van der Waals surface area contributed by atoms with Gasteiger partial charge in [-0.1, -0.05) is 12.1 Å². The van der Waals surface area contributed by atoms with Crippen molar-refractivity contribution in [1.82, 2.24) is 4.98 Å². The molecule has 3 aromatic rings. The van der Waals surface area contributed by atoms with Gasteiger partial charge in [-0.05, 0) is 35.2 Å². The Bertz CT molecular complexity index is 940. The molecule has 0 fully saturated rings. The average Bonchev–Trinajstić information content (AvgIpc) is 3.32. The number of thiophene rings is 1. The average molecular weight is 408 g/mol. The number of nitrogens with zero attached hydrogens (tertiary/aromatic N) is 1. The van der Waals surface area contributed by atoms with Crippen LogP contribution in [0.15, 0.2) is 47.2 Å². The molecule has 1 amide bonds. The number of hydrogen-bond acceptors (Lipinski definition) is 6. The van der Waals surface area contributed by atoms with Crippen molar-refractivity contribution in [3.63, 3.8) is 0 Å². The lowest BCUT2D eigenvalue weighted by Gasteiger charge is -2.10. The highest BCUT2D eigenvalue weighted by molar-refractivity contribution is 7.16. The number of amides is 1. The van der Waals surface area contributed by atoms with Gasteiger partial charge >= 0.3 is 6.61 Å². The van der Waals surface area contributed by atoms with Crippen molar-refractivity contribution < 1.29 is 23.0 Å². The normalized spacial score (nSPS) is 11.1. The number of ether oxygens (including phenoxy) is 2. The van der Waals surface area contributed by atoms with Crippen LogP contribution < -0.4 is 14.8 Å². The van der Waals surface area contributed by atoms with Gasteiger partial charge in [-0.3, -0.25) is 10.1 Å². The number of aromatic nitrogens is 1. The summed E-state index contributed by atoms with van der Waals surface area (Å²) in [4.78, 5) is 17.5. The molecule has 140 valence electrons. The van der Waals surface area contributed by atoms with Crippen LogP contribution in [-0.2, 0) is 4.79 Å². The first-order chi connectivity index (χ1) is 13.0. The molecule has 2 aromatic heterocycles. The minimum Gasteiger partial charge on any atom is -0.493 e. The molecule has 0 aliphatic heterocycles. The van der Waals surface area contributed by atoms with E-state index in [0.29, 0.717) is 10.7 Å². The molecule has 0 atom stereocenters. The van der Waals surface area contributed by atoms with E-state index in [2.05, 4.69) is 15.0 Å². The number of rotatable bonds is 7. The SMILES string of the molecule is COc1cc(/C=C/C(=O)Nc2nc(-c3cccs3)cs2)ccc1OC(F)F. The number of carbonyl (C=O) groups is 1. The van der Waals surface area contributed by atoms with Crippen molar-refractivity contribution in [1.29, 1.82) is 0 Å². The second kappa shape index (κ2) is 8.74. The molecule has 1 aromatic carbocycles. The number of carbonyl (C=O) groups excluding carboxylic acids is 1. The van der Waals surface area contributed by atoms with Gasteiger partial charge in [0, 0.05) is 11.5 Å². The highest BCUT2D eigenvalue weighted by atomic mass is 32.1. The van der Waals surface area contributed by atoms with Gasteiger partial charge in [0.15, 0.2) is 16.6 Å². The first kappa shape index (κ1) is 19.0. The number of nitrogens with one attached hydrogen (secondary N) is 1. The molecule has 0 unspecified atom stereocenters. The standard InChI is InChI=1S/C18H14F2N2O3S2/c1-24-14-9-11(4-6-13(14)25-17(19)20)5-7-16(23)22-18-21-12(10-27-18)15-3-2-8-26-15/h2-10,17H,1H3,(H,21,22,23)/b7-5+. The third kappa shape index (κ3) is 5.11. The molecule has 0 spiro atoms. The molecule has 0 saturated heterocycles. The Morgan fingerprint density at radius 1 is 1.26 bits per heavy atom. The van der Waals surface area contributed by atoms with Gasteiger partial charge in [0.2, 0.25) is 5.91 Å². The number of thiazole rings is 1. The van der Waals surface area contributed by atoms with Crippen LogP contribution in [-0.4, -0.2) is 24.6 Å². The van der Waals surface area contributed by atoms with Crippen LogP contribution >= 0.6 is 22.7 Å². The van der Waals surface area contributed by atoms with Crippen molar-refractivity contribution in [2.45, 2.75) is 6.61 Å². The minimum atomic E-state index is -2.94. The van der Waals surface area contributed by atoms with Gasteiger partial charge in [0.1, 0.15) is 0 Å². The highest BCUT2D eigenvalue weighted by Gasteiger charge is 2.11. The van der Waals surface area contributed by atoms with E-state index in [0.717, 1.165) is 10.6 Å². The number of alkyl halides is 2. The summed E-state index contributed by atoms with van der Waals surface area (Å²) in [5.74, 6) is -0.273. The summed E-state index contributed by atoms with van der Waals surface area (Å²) < 4.78 is 34.1. The maximum absolute atomic E-state index is 12.3. The number of halogens is 2. The summed E-state index contributed by atoms with van der Waals surface area (Å²) in [6, 6.07) is 8.30. The van der Waals surface area contributed by atoms with Gasteiger partial charge in [-0.15, -0.1) is 22.7 Å². The van der Waals surface area contributed by atoms with Crippen molar-refractivity contribution >= 4 is 39.8 Å². The summed E-state index contributed by atoms with van der Waals surface area (Å²) in [7, 11) is 1.35. The number of methoxy groups -OCH3 is 1. The predicted octanol–water partition coefficient (Wildman–Crippen LogP) is 5.13. The lowest BCUT2D eigenvalue weighted by atomic mass is 10.2. The first-order valence-corrected chi connectivity index (χ1v) is 9.42. The summed E-state index contributed by atoms with van der Waals surface area (Å²) in [5.41, 5.74) is 1.41. The van der Waals surface area contributed by atoms with Gasteiger partial charge in [-0.25, -0.2) is 4.98 Å². The summed E-state index contributed by atoms with van der Waals surface area (Å²) >= 11 is 2.91. The molecule has 5 nitrogen and oxygen atoms in total. The Balaban J connectivity index is 1.64. The first-order valence-electron chi connectivity index (χ1n) is 7.66. The van der Waals surface area contributed by atoms with E-state index >= 15 is 0 Å². The van der Waals surface area contributed by atoms with E-state index in [-0.39, 0.29) is 17.4 Å². The third-order valence-electron chi connectivity index (χ3n) is 3.34. The molecule has 9 heteroatoms. The smallest absolute Gasteiger partial charge is 0.387 e. The highest BCUT2D eigenvalue weighted by Crippen LogP contribution is 2.30. The quantitative estimate of drug-likeness (QED) is 0.551. The van der Waals surface area contributed by atoms with Gasteiger partial charge < -0.3 is 9.47 Å². The second-order valence-electron chi connectivity index (χ2n) is 5.13. The maximum atomic E-state index is 12.3. The summed E-state index contributed by atoms with van der Waals surface area (Å²) in [6.07, 6.45) is 2.87. The molecule has 0 bridgehead atoms. The van der Waals surface area contributed by atoms with Gasteiger partial charge in [0.05, 0.1) is 17.7 Å². The lowest BCUT2D eigenvalue weighted by Crippen LogP contribution is -2.07. The Hall–Kier alpha value is -2.78. The van der Waals surface area contributed by atoms with Crippen LogP contribution in [0.3, 0.4) is 0 Å². The molecule has 27 heavy (non-hydrogen) atoms. The zero-order valence-corrected chi connectivity index (χ0v) is 15.7. The fourth-order valence-corrected chi connectivity index (χ4v) is 3.64. The number of anilines is 1. The fraction of sp³-hybridized carbons (Fsp3) is 0.111. The van der Waals surface area contributed by atoms with E-state index in [1.165, 1.54) is 42.7 Å². The van der Waals surface area contributed by atoms with Crippen LogP contribution in [0.5, 0.6) is 11.5 Å². The minimum absolute atomic E-state index is 0.0713. The van der Waals surface area contributed by atoms with Gasteiger partial charge in [0.25, 0.3) is 0 Å². The van der Waals surface area contributed by atoms with Crippen molar-refractivity contribution in [3.8, 4) is 22.1 Å². The molecular weight excluding hydrogens is 394 g/mol. The van der Waals surface area contributed by atoms with E-state index in [1.54, 1.807) is 17.4 Å². The molecule has 0 saturated carbocycles. The Labute approximate surface area is 161 Å². The van der Waals surface area contributed by atoms with Crippen LogP contribution in [0.1, 0.15) is 5.56 Å². The van der Waals surface area contributed by atoms with Crippen molar-refractivity contribution in [3.05, 3.63) is 52.7 Å². The molecule has 0 radical (unpaired) electrons. The van der Waals surface area contributed by atoms with Crippen molar-refractivity contribution in [2.24, 2.45) is 0 Å². The largest absolute Gasteiger partial charge is 0.493 e. The Morgan fingerprint density at radius 2 is 2.11 bits per heavy atom.